The molecule has 5 nitrogen and oxygen atoms in total. The van der Waals surface area contributed by atoms with Gasteiger partial charge in [-0.25, -0.2) is 4.79 Å². The summed E-state index contributed by atoms with van der Waals surface area (Å²) in [6.07, 6.45) is -3.75. The van der Waals surface area contributed by atoms with Gasteiger partial charge in [-0.05, 0) is 13.0 Å². The van der Waals surface area contributed by atoms with Crippen molar-refractivity contribution in [3.05, 3.63) is 17.5 Å². The van der Waals surface area contributed by atoms with Crippen molar-refractivity contribution < 1.29 is 27.6 Å². The lowest BCUT2D eigenvalue weighted by atomic mass is 10.3. The SMILES string of the molecule is CCCN(Cc1cc(C(=O)O)no1)CC(F)(F)F. The Bertz CT molecular complexity index is 403. The molecule has 0 atom stereocenters. The Hall–Kier alpha value is -1.57. The van der Waals surface area contributed by atoms with E-state index in [-0.39, 0.29) is 24.5 Å². The Kier molecular flexibility index (Phi) is 4.71. The van der Waals surface area contributed by atoms with E-state index in [0.29, 0.717) is 6.42 Å². The van der Waals surface area contributed by atoms with Crippen molar-refractivity contribution in [2.45, 2.75) is 26.1 Å². The fourth-order valence-electron chi connectivity index (χ4n) is 1.49. The minimum Gasteiger partial charge on any atom is -0.476 e. The molecular weight excluding hydrogens is 253 g/mol. The van der Waals surface area contributed by atoms with Gasteiger partial charge in [0.15, 0.2) is 11.5 Å². The fraction of sp³-hybridized carbons (Fsp3) is 0.600. The number of aromatic nitrogens is 1. The van der Waals surface area contributed by atoms with E-state index >= 15 is 0 Å². The molecule has 0 amide bonds. The van der Waals surface area contributed by atoms with Crippen molar-refractivity contribution in [2.24, 2.45) is 0 Å². The Morgan fingerprint density at radius 3 is 2.67 bits per heavy atom. The normalized spacial score (nSPS) is 12.1. The number of hydrogen-bond acceptors (Lipinski definition) is 4. The van der Waals surface area contributed by atoms with E-state index in [0.717, 1.165) is 11.0 Å². The van der Waals surface area contributed by atoms with E-state index in [2.05, 4.69) is 9.68 Å². The van der Waals surface area contributed by atoms with Crippen LogP contribution in [0.2, 0.25) is 0 Å². The highest BCUT2D eigenvalue weighted by Crippen LogP contribution is 2.18. The quantitative estimate of drug-likeness (QED) is 0.854. The Morgan fingerprint density at radius 1 is 1.56 bits per heavy atom. The zero-order valence-electron chi connectivity index (χ0n) is 9.70. The molecule has 0 aromatic carbocycles. The van der Waals surface area contributed by atoms with Gasteiger partial charge in [-0.1, -0.05) is 12.1 Å². The molecule has 0 aliphatic rings. The topological polar surface area (TPSA) is 66.6 Å². The van der Waals surface area contributed by atoms with Crippen molar-refractivity contribution in [2.75, 3.05) is 13.1 Å². The van der Waals surface area contributed by atoms with E-state index in [1.807, 2.05) is 0 Å². The molecule has 0 bridgehead atoms. The van der Waals surface area contributed by atoms with Crippen molar-refractivity contribution in [3.63, 3.8) is 0 Å². The van der Waals surface area contributed by atoms with Gasteiger partial charge in [0.1, 0.15) is 0 Å². The van der Waals surface area contributed by atoms with E-state index < -0.39 is 18.7 Å². The average Bonchev–Trinajstić information content (AvgIpc) is 2.64. The highest BCUT2D eigenvalue weighted by molar-refractivity contribution is 5.85. The molecule has 0 aliphatic carbocycles. The molecule has 1 aromatic rings. The van der Waals surface area contributed by atoms with Crippen LogP contribution in [0.5, 0.6) is 0 Å². The van der Waals surface area contributed by atoms with E-state index in [9.17, 15) is 18.0 Å². The van der Waals surface area contributed by atoms with Crippen LogP contribution in [0, 0.1) is 0 Å². The minimum absolute atomic E-state index is 0.102. The first-order chi connectivity index (χ1) is 8.31. The predicted octanol–water partition coefficient (Wildman–Crippen LogP) is 2.15. The lowest BCUT2D eigenvalue weighted by Gasteiger charge is -2.21. The van der Waals surface area contributed by atoms with Crippen LogP contribution in [-0.2, 0) is 6.54 Å². The third-order valence-corrected chi connectivity index (χ3v) is 2.10. The van der Waals surface area contributed by atoms with E-state index in [1.165, 1.54) is 0 Å². The van der Waals surface area contributed by atoms with Gasteiger partial charge < -0.3 is 9.63 Å². The van der Waals surface area contributed by atoms with Gasteiger partial charge in [0.05, 0.1) is 13.1 Å². The van der Waals surface area contributed by atoms with Crippen LogP contribution in [0.4, 0.5) is 13.2 Å². The summed E-state index contributed by atoms with van der Waals surface area (Å²) in [7, 11) is 0. The lowest BCUT2D eigenvalue weighted by Crippen LogP contribution is -2.34. The number of carboxylic acids is 1. The Labute approximate surface area is 101 Å². The number of carbonyl (C=O) groups is 1. The molecule has 0 fully saturated rings. The summed E-state index contributed by atoms with van der Waals surface area (Å²) in [5.41, 5.74) is -0.312. The van der Waals surface area contributed by atoms with Gasteiger partial charge in [-0.3, -0.25) is 4.90 Å². The molecule has 0 unspecified atom stereocenters. The summed E-state index contributed by atoms with van der Waals surface area (Å²) in [5, 5.41) is 11.8. The summed E-state index contributed by atoms with van der Waals surface area (Å²) in [5.74, 6) is -1.17. The van der Waals surface area contributed by atoms with E-state index in [4.69, 9.17) is 5.11 Å². The fourth-order valence-corrected chi connectivity index (χ4v) is 1.49. The molecule has 0 aliphatic heterocycles. The average molecular weight is 266 g/mol. The number of carboxylic acid groups (broad SMARTS) is 1. The maximum absolute atomic E-state index is 12.3. The third-order valence-electron chi connectivity index (χ3n) is 2.10. The van der Waals surface area contributed by atoms with Crippen molar-refractivity contribution >= 4 is 5.97 Å². The minimum atomic E-state index is -4.30. The largest absolute Gasteiger partial charge is 0.476 e. The van der Waals surface area contributed by atoms with Crippen molar-refractivity contribution in [1.82, 2.24) is 10.1 Å². The Balaban J connectivity index is 2.67. The number of aromatic carboxylic acids is 1. The van der Waals surface area contributed by atoms with Gasteiger partial charge in [0.2, 0.25) is 0 Å². The maximum atomic E-state index is 12.3. The zero-order valence-corrected chi connectivity index (χ0v) is 9.70. The molecule has 8 heteroatoms. The first-order valence-electron chi connectivity index (χ1n) is 5.30. The van der Waals surface area contributed by atoms with Gasteiger partial charge in [-0.2, -0.15) is 13.2 Å². The van der Waals surface area contributed by atoms with Crippen LogP contribution >= 0.6 is 0 Å². The molecule has 1 N–H and O–H groups in total. The standard InChI is InChI=1S/C10H13F3N2O3/c1-2-3-15(6-10(11,12)13)5-7-4-8(9(16)17)14-18-7/h4H,2-3,5-6H2,1H3,(H,16,17). The molecule has 0 saturated heterocycles. The Morgan fingerprint density at radius 2 is 2.22 bits per heavy atom. The number of nitrogens with zero attached hydrogens (tertiary/aromatic N) is 2. The van der Waals surface area contributed by atoms with Gasteiger partial charge in [0.25, 0.3) is 0 Å². The number of halogens is 3. The molecule has 1 heterocycles. The summed E-state index contributed by atoms with van der Waals surface area (Å²) in [4.78, 5) is 11.7. The van der Waals surface area contributed by atoms with Crippen molar-refractivity contribution in [1.29, 1.82) is 0 Å². The van der Waals surface area contributed by atoms with Gasteiger partial charge >= 0.3 is 12.1 Å². The van der Waals surface area contributed by atoms with Crippen LogP contribution in [0.1, 0.15) is 29.6 Å². The molecule has 0 spiro atoms. The monoisotopic (exact) mass is 266 g/mol. The molecule has 18 heavy (non-hydrogen) atoms. The molecule has 0 radical (unpaired) electrons. The number of alkyl halides is 3. The highest BCUT2D eigenvalue weighted by atomic mass is 19.4. The second-order valence-corrected chi connectivity index (χ2v) is 3.81. The molecule has 0 saturated carbocycles. The maximum Gasteiger partial charge on any atom is 0.401 e. The third kappa shape index (κ3) is 4.74. The van der Waals surface area contributed by atoms with Crippen LogP contribution in [-0.4, -0.2) is 40.4 Å². The van der Waals surface area contributed by atoms with Gasteiger partial charge in [-0.15, -0.1) is 0 Å². The highest BCUT2D eigenvalue weighted by Gasteiger charge is 2.30. The molecule has 1 aromatic heterocycles. The van der Waals surface area contributed by atoms with Crippen LogP contribution in [0.3, 0.4) is 0 Å². The molecule has 102 valence electrons. The van der Waals surface area contributed by atoms with Crippen LogP contribution in [0.25, 0.3) is 0 Å². The first-order valence-corrected chi connectivity index (χ1v) is 5.30. The predicted molar refractivity (Wildman–Crippen MR) is 55.1 cm³/mol. The summed E-state index contributed by atoms with van der Waals surface area (Å²) in [6.45, 7) is 0.812. The summed E-state index contributed by atoms with van der Waals surface area (Å²) in [6, 6.07) is 1.13. The number of hydrogen-bond donors (Lipinski definition) is 1. The van der Waals surface area contributed by atoms with Crippen molar-refractivity contribution in [3.8, 4) is 0 Å². The molecule has 1 rings (SSSR count). The molecular formula is C10H13F3N2O3. The first kappa shape index (κ1) is 14.5. The summed E-state index contributed by atoms with van der Waals surface area (Å²) >= 11 is 0. The zero-order chi connectivity index (χ0) is 13.8. The second kappa shape index (κ2) is 5.85. The van der Waals surface area contributed by atoms with Gasteiger partial charge in [0, 0.05) is 6.07 Å². The van der Waals surface area contributed by atoms with Crippen LogP contribution < -0.4 is 0 Å². The number of rotatable bonds is 6. The second-order valence-electron chi connectivity index (χ2n) is 3.81. The summed E-state index contributed by atoms with van der Waals surface area (Å²) < 4.78 is 41.5. The van der Waals surface area contributed by atoms with Crippen LogP contribution in [0.15, 0.2) is 10.6 Å². The smallest absolute Gasteiger partial charge is 0.401 e. The lowest BCUT2D eigenvalue weighted by molar-refractivity contribution is -0.147. The van der Waals surface area contributed by atoms with E-state index in [1.54, 1.807) is 6.92 Å².